The van der Waals surface area contributed by atoms with Crippen LogP contribution in [0.2, 0.25) is 0 Å². The van der Waals surface area contributed by atoms with E-state index < -0.39 is 72.7 Å². The topological polar surface area (TPSA) is 175 Å². The fourth-order valence-electron chi connectivity index (χ4n) is 2.73. The van der Waals surface area contributed by atoms with Gasteiger partial charge in [-0.1, -0.05) is 15.9 Å². The molecule has 6 N–H and O–H groups in total. The van der Waals surface area contributed by atoms with Crippen molar-refractivity contribution in [2.24, 2.45) is 0 Å². The van der Waals surface area contributed by atoms with E-state index in [0.717, 1.165) is 0 Å². The molecule has 0 radical (unpaired) electrons. The zero-order valence-corrected chi connectivity index (χ0v) is 15.4. The number of halogens is 1. The molecule has 2 saturated heterocycles. The van der Waals surface area contributed by atoms with E-state index in [9.17, 15) is 35.4 Å². The molecule has 0 aromatic rings. The van der Waals surface area contributed by atoms with Gasteiger partial charge in [0.05, 0.1) is 6.61 Å². The van der Waals surface area contributed by atoms with E-state index in [2.05, 4.69) is 15.9 Å². The van der Waals surface area contributed by atoms with Gasteiger partial charge < -0.3 is 49.6 Å². The Labute approximate surface area is 157 Å². The summed E-state index contributed by atoms with van der Waals surface area (Å²) >= 11 is 3.03. The minimum Gasteiger partial charge on any atom is -0.463 e. The van der Waals surface area contributed by atoms with Crippen molar-refractivity contribution in [1.82, 2.24) is 0 Å². The van der Waals surface area contributed by atoms with Crippen LogP contribution in [0.5, 0.6) is 0 Å². The van der Waals surface area contributed by atoms with Gasteiger partial charge in [0.2, 0.25) is 0 Å². The number of hydrogen-bond donors (Lipinski definition) is 6. The maximum atomic E-state index is 11.0. The number of aliphatic hydroxyl groups excluding tert-OH is 6. The maximum Gasteiger partial charge on any atom is 0.302 e. The van der Waals surface area contributed by atoms with Gasteiger partial charge in [0.25, 0.3) is 0 Å². The summed E-state index contributed by atoms with van der Waals surface area (Å²) in [6.07, 6.45) is -13.0. The molecule has 2 rings (SSSR count). The maximum absolute atomic E-state index is 11.0. The van der Waals surface area contributed by atoms with Gasteiger partial charge in [-0.25, -0.2) is 0 Å². The highest BCUT2D eigenvalue weighted by Crippen LogP contribution is 2.30. The van der Waals surface area contributed by atoms with Crippen molar-refractivity contribution in [3.05, 3.63) is 0 Å². The Kier molecular flexibility index (Phi) is 7.73. The average molecular weight is 447 g/mol. The summed E-state index contributed by atoms with van der Waals surface area (Å²) in [6, 6.07) is 0. The van der Waals surface area contributed by atoms with E-state index in [1.165, 1.54) is 6.92 Å². The van der Waals surface area contributed by atoms with Gasteiger partial charge in [-0.05, 0) is 0 Å². The zero-order chi connectivity index (χ0) is 19.6. The summed E-state index contributed by atoms with van der Waals surface area (Å²) < 4.78 is 21.0. The SMILES string of the molecule is CC(=O)OCC1OC(Br)C(O)C(O)C1OC1OC(CO)C(O)C(O)C1O. The van der Waals surface area contributed by atoms with Crippen molar-refractivity contribution < 1.29 is 54.4 Å². The van der Waals surface area contributed by atoms with E-state index in [0.29, 0.717) is 0 Å². The normalized spacial score (nSPS) is 46.8. The van der Waals surface area contributed by atoms with Crippen molar-refractivity contribution in [2.75, 3.05) is 13.2 Å². The number of carbonyl (C=O) groups excluding carboxylic acids is 1. The van der Waals surface area contributed by atoms with Crippen LogP contribution in [-0.4, -0.2) is 110 Å². The summed E-state index contributed by atoms with van der Waals surface area (Å²) in [5, 5.41) is 58.1. The number of hydrogen-bond acceptors (Lipinski definition) is 11. The zero-order valence-electron chi connectivity index (χ0n) is 13.8. The van der Waals surface area contributed by atoms with Crippen LogP contribution in [0.4, 0.5) is 0 Å². The highest BCUT2D eigenvalue weighted by Gasteiger charge is 2.50. The second-order valence-corrected chi connectivity index (χ2v) is 7.01. The molecule has 0 aromatic heterocycles. The average Bonchev–Trinajstić information content (AvgIpc) is 2.60. The molecule has 0 bridgehead atoms. The third-order valence-corrected chi connectivity index (χ3v) is 4.97. The van der Waals surface area contributed by atoms with E-state index in [1.807, 2.05) is 0 Å². The highest BCUT2D eigenvalue weighted by atomic mass is 79.9. The number of alkyl halides is 1. The lowest BCUT2D eigenvalue weighted by atomic mass is 9.97. The van der Waals surface area contributed by atoms with Crippen LogP contribution >= 0.6 is 15.9 Å². The first-order valence-electron chi connectivity index (χ1n) is 7.92. The van der Waals surface area contributed by atoms with Crippen LogP contribution in [0.25, 0.3) is 0 Å². The Balaban J connectivity index is 2.14. The number of aliphatic hydroxyl groups is 6. The molecule has 0 saturated carbocycles. The Morgan fingerprint density at radius 1 is 0.962 bits per heavy atom. The van der Waals surface area contributed by atoms with E-state index in [1.54, 1.807) is 0 Å². The molecule has 10 atom stereocenters. The van der Waals surface area contributed by atoms with Crippen LogP contribution in [-0.2, 0) is 23.7 Å². The van der Waals surface area contributed by atoms with Crippen LogP contribution in [0, 0.1) is 0 Å². The fraction of sp³-hybridized carbons (Fsp3) is 0.929. The number of rotatable bonds is 5. The van der Waals surface area contributed by atoms with Gasteiger partial charge in [-0.3, -0.25) is 4.79 Å². The first-order valence-corrected chi connectivity index (χ1v) is 8.84. The molecule has 2 aliphatic rings. The fourth-order valence-corrected chi connectivity index (χ4v) is 3.32. The molecule has 10 unspecified atom stereocenters. The molecular weight excluding hydrogens is 424 g/mol. The molecule has 0 amide bonds. The summed E-state index contributed by atoms with van der Waals surface area (Å²) in [5.41, 5.74) is 0. The Morgan fingerprint density at radius 2 is 1.62 bits per heavy atom. The highest BCUT2D eigenvalue weighted by molar-refractivity contribution is 9.09. The minimum absolute atomic E-state index is 0.316. The molecule has 0 aromatic carbocycles. The predicted octanol–water partition coefficient (Wildman–Crippen LogP) is -3.42. The first kappa shape index (κ1) is 21.9. The molecule has 152 valence electrons. The minimum atomic E-state index is -1.70. The van der Waals surface area contributed by atoms with Gasteiger partial charge in [0.15, 0.2) is 6.29 Å². The Bertz CT molecular complexity index is 478. The molecule has 0 spiro atoms. The van der Waals surface area contributed by atoms with Crippen LogP contribution < -0.4 is 0 Å². The molecule has 11 nitrogen and oxygen atoms in total. The van der Waals surface area contributed by atoms with Crippen molar-refractivity contribution in [3.8, 4) is 0 Å². The van der Waals surface area contributed by atoms with Crippen LogP contribution in [0.15, 0.2) is 0 Å². The largest absolute Gasteiger partial charge is 0.463 e. The van der Waals surface area contributed by atoms with E-state index in [-0.39, 0.29) is 6.61 Å². The van der Waals surface area contributed by atoms with Crippen LogP contribution in [0.1, 0.15) is 6.92 Å². The van der Waals surface area contributed by atoms with Crippen LogP contribution in [0.3, 0.4) is 0 Å². The smallest absolute Gasteiger partial charge is 0.302 e. The van der Waals surface area contributed by atoms with Gasteiger partial charge in [-0.2, -0.15) is 0 Å². The third-order valence-electron chi connectivity index (χ3n) is 4.22. The first-order chi connectivity index (χ1) is 12.2. The summed E-state index contributed by atoms with van der Waals surface area (Å²) in [5.74, 6) is -0.605. The molecule has 12 heteroatoms. The number of esters is 1. The number of carbonyl (C=O) groups is 1. The molecular formula is C14H23BrO11. The molecule has 2 heterocycles. The lowest BCUT2D eigenvalue weighted by Gasteiger charge is -2.45. The van der Waals surface area contributed by atoms with Crippen molar-refractivity contribution in [3.63, 3.8) is 0 Å². The lowest BCUT2D eigenvalue weighted by Crippen LogP contribution is -2.64. The van der Waals surface area contributed by atoms with Gasteiger partial charge >= 0.3 is 5.97 Å². The van der Waals surface area contributed by atoms with E-state index >= 15 is 0 Å². The predicted molar refractivity (Wildman–Crippen MR) is 84.9 cm³/mol. The molecule has 26 heavy (non-hydrogen) atoms. The van der Waals surface area contributed by atoms with Crippen molar-refractivity contribution in [2.45, 2.75) is 67.1 Å². The van der Waals surface area contributed by atoms with Gasteiger partial charge in [-0.15, -0.1) is 0 Å². The van der Waals surface area contributed by atoms with Gasteiger partial charge in [0.1, 0.15) is 60.5 Å². The monoisotopic (exact) mass is 446 g/mol. The summed E-state index contributed by atoms with van der Waals surface area (Å²) in [6.45, 7) is 0.202. The third kappa shape index (κ3) is 4.70. The quantitative estimate of drug-likeness (QED) is 0.183. The molecule has 2 aliphatic heterocycles. The van der Waals surface area contributed by atoms with Gasteiger partial charge in [0, 0.05) is 6.92 Å². The Hall–Kier alpha value is -0.410. The second kappa shape index (κ2) is 9.19. The summed E-state index contributed by atoms with van der Waals surface area (Å²) in [7, 11) is 0. The molecule has 2 fully saturated rings. The molecule has 0 aliphatic carbocycles. The Morgan fingerprint density at radius 3 is 2.19 bits per heavy atom. The van der Waals surface area contributed by atoms with E-state index in [4.69, 9.17) is 18.9 Å². The number of ether oxygens (including phenoxy) is 4. The lowest BCUT2D eigenvalue weighted by molar-refractivity contribution is -0.338. The van der Waals surface area contributed by atoms with Crippen molar-refractivity contribution >= 4 is 21.9 Å². The van der Waals surface area contributed by atoms with Crippen molar-refractivity contribution in [1.29, 1.82) is 0 Å². The second-order valence-electron chi connectivity index (χ2n) is 6.11. The standard InChI is InChI=1S/C14H23BrO11/c1-4(17)23-3-6-12(9(20)10(21)13(15)24-6)26-14-11(22)8(19)7(18)5(2-16)25-14/h5-14,16,18-22H,2-3H2,1H3. The summed E-state index contributed by atoms with van der Waals surface area (Å²) in [4.78, 5) is 11.0.